The van der Waals surface area contributed by atoms with Gasteiger partial charge in [0.15, 0.2) is 5.78 Å². The normalized spacial score (nSPS) is 13.3. The molecule has 0 aliphatic heterocycles. The summed E-state index contributed by atoms with van der Waals surface area (Å²) in [7, 11) is 0. The summed E-state index contributed by atoms with van der Waals surface area (Å²) in [5, 5.41) is 10.8. The first-order valence-electron chi connectivity index (χ1n) is 9.23. The Morgan fingerprint density at radius 1 is 1.11 bits per heavy atom. The van der Waals surface area contributed by atoms with Crippen LogP contribution in [0.25, 0.3) is 0 Å². The molecule has 0 amide bonds. The third kappa shape index (κ3) is 5.00. The summed E-state index contributed by atoms with van der Waals surface area (Å²) in [4.78, 5) is 34.2. The average molecular weight is 379 g/mol. The second kappa shape index (κ2) is 9.22. The Labute approximate surface area is 165 Å². The maximum Gasteiger partial charge on any atom is 0.269 e. The van der Waals surface area contributed by atoms with Crippen LogP contribution < -0.4 is 0 Å². The van der Waals surface area contributed by atoms with E-state index in [0.29, 0.717) is 5.56 Å². The minimum absolute atomic E-state index is 0.0114. The molecule has 0 saturated heterocycles. The van der Waals surface area contributed by atoms with Crippen LogP contribution in [-0.2, 0) is 4.79 Å². The van der Waals surface area contributed by atoms with E-state index < -0.39 is 4.92 Å². The summed E-state index contributed by atoms with van der Waals surface area (Å²) >= 11 is 0. The summed E-state index contributed by atoms with van der Waals surface area (Å²) in [6, 6.07) is 10.2. The quantitative estimate of drug-likeness (QED) is 0.206. The summed E-state index contributed by atoms with van der Waals surface area (Å²) in [5.74, 6) is -0.292. The molecule has 2 unspecified atom stereocenters. The lowest BCUT2D eigenvalue weighted by Crippen LogP contribution is -2.10. The van der Waals surface area contributed by atoms with E-state index in [0.717, 1.165) is 28.5 Å². The van der Waals surface area contributed by atoms with Crippen molar-refractivity contribution in [3.05, 3.63) is 86.5 Å². The van der Waals surface area contributed by atoms with Crippen LogP contribution in [-0.4, -0.2) is 17.0 Å². The number of allylic oxidation sites excluding steroid dienone is 2. The Morgan fingerprint density at radius 2 is 1.68 bits per heavy atom. The predicted molar refractivity (Wildman–Crippen MR) is 110 cm³/mol. The molecule has 2 rings (SSSR count). The molecular formula is C23H25NO4. The minimum atomic E-state index is -0.452. The first kappa shape index (κ1) is 21.2. The van der Waals surface area contributed by atoms with Gasteiger partial charge < -0.3 is 4.79 Å². The zero-order chi connectivity index (χ0) is 20.8. The zero-order valence-corrected chi connectivity index (χ0v) is 16.6. The molecule has 0 aliphatic carbocycles. The maximum absolute atomic E-state index is 12.7. The Balaban J connectivity index is 2.24. The first-order valence-corrected chi connectivity index (χ1v) is 9.23. The van der Waals surface area contributed by atoms with E-state index >= 15 is 0 Å². The van der Waals surface area contributed by atoms with E-state index in [2.05, 4.69) is 0 Å². The predicted octanol–water partition coefficient (Wildman–Crippen LogP) is 5.27. The van der Waals surface area contributed by atoms with Gasteiger partial charge in [0, 0.05) is 24.1 Å². The van der Waals surface area contributed by atoms with Crippen LogP contribution in [0.15, 0.2) is 48.6 Å². The van der Waals surface area contributed by atoms with E-state index in [1.54, 1.807) is 18.2 Å². The number of aldehydes is 1. The molecule has 146 valence electrons. The van der Waals surface area contributed by atoms with E-state index in [1.165, 1.54) is 12.1 Å². The van der Waals surface area contributed by atoms with Gasteiger partial charge in [-0.1, -0.05) is 42.8 Å². The lowest BCUT2D eigenvalue weighted by Gasteiger charge is -2.19. The largest absolute Gasteiger partial charge is 0.303 e. The fourth-order valence-corrected chi connectivity index (χ4v) is 3.63. The number of non-ortho nitro benzene ring substituents is 1. The van der Waals surface area contributed by atoms with Gasteiger partial charge in [-0.25, -0.2) is 0 Å². The Kier molecular flexibility index (Phi) is 6.99. The molecule has 0 fully saturated rings. The van der Waals surface area contributed by atoms with Crippen molar-refractivity contribution in [2.75, 3.05) is 0 Å². The summed E-state index contributed by atoms with van der Waals surface area (Å²) in [6.45, 7) is 7.79. The molecule has 0 aromatic heterocycles. The lowest BCUT2D eigenvalue weighted by molar-refractivity contribution is -0.384. The number of carbonyl (C=O) groups excluding carboxylic acids is 2. The zero-order valence-electron chi connectivity index (χ0n) is 16.6. The topological polar surface area (TPSA) is 77.3 Å². The van der Waals surface area contributed by atoms with Crippen LogP contribution in [0.2, 0.25) is 0 Å². The van der Waals surface area contributed by atoms with Crippen molar-refractivity contribution in [1.82, 2.24) is 0 Å². The second-order valence-electron chi connectivity index (χ2n) is 7.21. The molecular weight excluding hydrogens is 354 g/mol. The van der Waals surface area contributed by atoms with Crippen molar-refractivity contribution < 1.29 is 14.5 Å². The molecule has 0 aliphatic rings. The van der Waals surface area contributed by atoms with Gasteiger partial charge >= 0.3 is 0 Å². The van der Waals surface area contributed by atoms with Crippen LogP contribution in [0, 0.1) is 36.8 Å². The molecule has 2 aromatic rings. The molecule has 0 spiro atoms. The molecule has 0 saturated carbocycles. The number of ketones is 1. The number of nitro benzene ring substituents is 1. The third-order valence-electron chi connectivity index (χ3n) is 4.99. The van der Waals surface area contributed by atoms with Crippen molar-refractivity contribution in [1.29, 1.82) is 0 Å². The highest BCUT2D eigenvalue weighted by molar-refractivity contribution is 6.06. The minimum Gasteiger partial charge on any atom is -0.303 e. The second-order valence-corrected chi connectivity index (χ2v) is 7.21. The molecule has 2 atom stereocenters. The van der Waals surface area contributed by atoms with Gasteiger partial charge in [-0.15, -0.1) is 0 Å². The van der Waals surface area contributed by atoms with Gasteiger partial charge in [-0.05, 0) is 55.4 Å². The molecule has 28 heavy (non-hydrogen) atoms. The van der Waals surface area contributed by atoms with E-state index in [1.807, 2.05) is 45.9 Å². The van der Waals surface area contributed by atoms with E-state index in [9.17, 15) is 19.7 Å². The monoisotopic (exact) mass is 379 g/mol. The fraction of sp³-hybridized carbons (Fsp3) is 0.304. The highest BCUT2D eigenvalue weighted by Crippen LogP contribution is 2.30. The fourth-order valence-electron chi connectivity index (χ4n) is 3.63. The molecule has 0 N–H and O–H groups in total. The van der Waals surface area contributed by atoms with Gasteiger partial charge in [-0.3, -0.25) is 14.9 Å². The maximum atomic E-state index is 12.7. The molecule has 2 aromatic carbocycles. The van der Waals surface area contributed by atoms with Crippen molar-refractivity contribution in [3.63, 3.8) is 0 Å². The summed E-state index contributed by atoms with van der Waals surface area (Å²) in [6.07, 6.45) is 4.50. The molecule has 0 heterocycles. The number of nitrogens with zero attached hydrogens (tertiary/aromatic N) is 1. The van der Waals surface area contributed by atoms with Gasteiger partial charge in [0.25, 0.3) is 5.69 Å². The smallest absolute Gasteiger partial charge is 0.269 e. The van der Waals surface area contributed by atoms with Crippen LogP contribution in [0.1, 0.15) is 51.9 Å². The summed E-state index contributed by atoms with van der Waals surface area (Å²) in [5.41, 5.74) is 4.56. The lowest BCUT2D eigenvalue weighted by atomic mass is 9.84. The molecule has 5 heteroatoms. The standard InChI is InChI=1S/C23H25NO4/c1-15-13-17(3)23(18(4)14-15)22(26)10-5-16(2)21(11-12-25)19-6-8-20(9-7-19)24(27)28/h5-10,12-14,16,21H,11H2,1-4H3/b10-5+. The Bertz CT molecular complexity index is 890. The Morgan fingerprint density at radius 3 is 2.18 bits per heavy atom. The van der Waals surface area contributed by atoms with Crippen LogP contribution in [0.3, 0.4) is 0 Å². The highest BCUT2D eigenvalue weighted by Gasteiger charge is 2.19. The average Bonchev–Trinajstić information content (AvgIpc) is 2.63. The SMILES string of the molecule is Cc1cc(C)c(C(=O)/C=C/C(C)C(CC=O)c2ccc([N+](=O)[O-])cc2)c(C)c1. The van der Waals surface area contributed by atoms with Crippen LogP contribution in [0.5, 0.6) is 0 Å². The number of benzene rings is 2. The number of aryl methyl sites for hydroxylation is 3. The number of hydrogen-bond donors (Lipinski definition) is 0. The van der Waals surface area contributed by atoms with Crippen molar-refractivity contribution in [2.24, 2.45) is 5.92 Å². The number of nitro groups is 1. The van der Waals surface area contributed by atoms with Gasteiger partial charge in [-0.2, -0.15) is 0 Å². The first-order chi connectivity index (χ1) is 13.2. The number of hydrogen-bond acceptors (Lipinski definition) is 4. The van der Waals surface area contributed by atoms with Gasteiger partial charge in [0.05, 0.1) is 4.92 Å². The highest BCUT2D eigenvalue weighted by atomic mass is 16.6. The van der Waals surface area contributed by atoms with Gasteiger partial charge in [0.1, 0.15) is 6.29 Å². The molecule has 0 radical (unpaired) electrons. The van der Waals surface area contributed by atoms with Crippen LogP contribution >= 0.6 is 0 Å². The van der Waals surface area contributed by atoms with Crippen molar-refractivity contribution in [2.45, 2.75) is 40.0 Å². The van der Waals surface area contributed by atoms with Crippen molar-refractivity contribution >= 4 is 17.8 Å². The molecule has 5 nitrogen and oxygen atoms in total. The van der Waals surface area contributed by atoms with Crippen LogP contribution in [0.4, 0.5) is 5.69 Å². The third-order valence-corrected chi connectivity index (χ3v) is 4.99. The Hall–Kier alpha value is -3.08. The molecule has 0 bridgehead atoms. The van der Waals surface area contributed by atoms with Gasteiger partial charge in [0.2, 0.25) is 0 Å². The number of carbonyl (C=O) groups is 2. The van der Waals surface area contributed by atoms with E-state index in [4.69, 9.17) is 0 Å². The van der Waals surface area contributed by atoms with E-state index in [-0.39, 0.29) is 29.7 Å². The summed E-state index contributed by atoms with van der Waals surface area (Å²) < 4.78 is 0. The number of rotatable bonds is 8. The van der Waals surface area contributed by atoms with Crippen molar-refractivity contribution in [3.8, 4) is 0 Å².